The number of amides is 3. The Morgan fingerprint density at radius 1 is 0.951 bits per heavy atom. The number of thioether (sulfide) groups is 1. The Bertz CT molecular complexity index is 1720. The minimum atomic E-state index is -0.741. The highest BCUT2D eigenvalue weighted by Crippen LogP contribution is 2.54. The average molecular weight is 651 g/mol. The van der Waals surface area contributed by atoms with E-state index in [9.17, 15) is 19.2 Å². The average Bonchev–Trinajstić information content (AvgIpc) is 3.40. The number of hydrogen-bond acceptors (Lipinski definition) is 7. The Hall–Kier alpha value is -3.67. The highest BCUT2D eigenvalue weighted by molar-refractivity contribution is 9.10. The van der Waals surface area contributed by atoms with E-state index in [-0.39, 0.29) is 29.1 Å². The molecular formula is C30H24BrN3O5S2. The van der Waals surface area contributed by atoms with Gasteiger partial charge >= 0.3 is 4.87 Å². The van der Waals surface area contributed by atoms with Crippen molar-refractivity contribution in [3.8, 4) is 5.75 Å². The molecule has 2 aliphatic heterocycles. The fraction of sp³-hybridized carbons (Fsp3) is 0.200. The number of anilines is 2. The molecule has 3 heterocycles. The lowest BCUT2D eigenvalue weighted by molar-refractivity contribution is -0.122. The summed E-state index contributed by atoms with van der Waals surface area (Å²) < 4.78 is 7.45. The minimum Gasteiger partial charge on any atom is -0.497 e. The van der Waals surface area contributed by atoms with Crippen molar-refractivity contribution < 1.29 is 19.1 Å². The fourth-order valence-corrected chi connectivity index (χ4v) is 8.29. The molecule has 0 radical (unpaired) electrons. The molecule has 1 N–H and O–H groups in total. The highest BCUT2D eigenvalue weighted by atomic mass is 79.9. The van der Waals surface area contributed by atoms with Crippen LogP contribution in [-0.2, 0) is 20.9 Å². The molecule has 41 heavy (non-hydrogen) atoms. The Kier molecular flexibility index (Phi) is 7.35. The first-order valence-electron chi connectivity index (χ1n) is 12.8. The number of benzene rings is 3. The van der Waals surface area contributed by atoms with Gasteiger partial charge in [-0.25, -0.2) is 4.90 Å². The molecule has 0 bridgehead atoms. The summed E-state index contributed by atoms with van der Waals surface area (Å²) in [6, 6.07) is 21.8. The van der Waals surface area contributed by atoms with Gasteiger partial charge < -0.3 is 10.1 Å². The van der Waals surface area contributed by atoms with E-state index in [0.29, 0.717) is 27.0 Å². The third kappa shape index (κ3) is 5.02. The van der Waals surface area contributed by atoms with Crippen molar-refractivity contribution in [2.24, 2.45) is 5.92 Å². The molecule has 4 aromatic rings. The maximum Gasteiger partial charge on any atom is 0.308 e. The smallest absolute Gasteiger partial charge is 0.308 e. The molecule has 1 saturated heterocycles. The maximum absolute atomic E-state index is 13.9. The number of halogens is 1. The summed E-state index contributed by atoms with van der Waals surface area (Å²) in [6.07, 6.45) is 0. The first-order chi connectivity index (χ1) is 19.7. The first kappa shape index (κ1) is 27.5. The summed E-state index contributed by atoms with van der Waals surface area (Å²) in [5.41, 5.74) is 2.94. The van der Waals surface area contributed by atoms with Crippen molar-refractivity contribution in [2.45, 2.75) is 29.7 Å². The molecular weight excluding hydrogens is 626 g/mol. The molecule has 0 aliphatic carbocycles. The molecule has 3 atom stereocenters. The van der Waals surface area contributed by atoms with Gasteiger partial charge in [-0.3, -0.25) is 23.7 Å². The summed E-state index contributed by atoms with van der Waals surface area (Å²) in [5, 5.41) is 2.62. The third-order valence-corrected chi connectivity index (χ3v) is 10.4. The van der Waals surface area contributed by atoms with Crippen LogP contribution in [0.5, 0.6) is 5.75 Å². The topological polar surface area (TPSA) is 97.7 Å². The fourth-order valence-electron chi connectivity index (χ4n) is 5.25. The molecule has 208 valence electrons. The van der Waals surface area contributed by atoms with Crippen LogP contribution in [-0.4, -0.2) is 34.6 Å². The second kappa shape index (κ2) is 11.0. The van der Waals surface area contributed by atoms with Crippen LogP contribution in [0.2, 0.25) is 0 Å². The maximum atomic E-state index is 13.9. The second-order valence-electron chi connectivity index (χ2n) is 9.84. The Balaban J connectivity index is 1.38. The first-order valence-corrected chi connectivity index (χ1v) is 15.3. The van der Waals surface area contributed by atoms with Crippen LogP contribution >= 0.6 is 39.0 Å². The van der Waals surface area contributed by atoms with E-state index in [1.165, 1.54) is 21.2 Å². The lowest BCUT2D eigenvalue weighted by atomic mass is 9.83. The molecule has 3 amide bonds. The van der Waals surface area contributed by atoms with Gasteiger partial charge in [0.2, 0.25) is 17.7 Å². The Labute approximate surface area is 252 Å². The molecule has 3 aromatic carbocycles. The quantitative estimate of drug-likeness (QED) is 0.280. The van der Waals surface area contributed by atoms with Gasteiger partial charge in [0, 0.05) is 21.0 Å². The Morgan fingerprint density at radius 2 is 1.63 bits per heavy atom. The van der Waals surface area contributed by atoms with Crippen LogP contribution in [0.3, 0.4) is 0 Å². The summed E-state index contributed by atoms with van der Waals surface area (Å²) in [4.78, 5) is 55.7. The van der Waals surface area contributed by atoms with Crippen LogP contribution in [0.15, 0.2) is 87.1 Å². The van der Waals surface area contributed by atoms with Crippen molar-refractivity contribution in [1.82, 2.24) is 4.57 Å². The number of imide groups is 1. The van der Waals surface area contributed by atoms with E-state index in [1.54, 1.807) is 43.5 Å². The number of aromatic nitrogens is 1. The zero-order chi connectivity index (χ0) is 28.8. The van der Waals surface area contributed by atoms with Gasteiger partial charge in [-0.1, -0.05) is 68.9 Å². The molecule has 3 unspecified atom stereocenters. The number of aryl methyl sites for hydroxylation is 1. The largest absolute Gasteiger partial charge is 0.497 e. The Morgan fingerprint density at radius 3 is 2.29 bits per heavy atom. The van der Waals surface area contributed by atoms with Crippen LogP contribution in [0.25, 0.3) is 0 Å². The van der Waals surface area contributed by atoms with Gasteiger partial charge in [0.1, 0.15) is 17.5 Å². The van der Waals surface area contributed by atoms with Crippen LogP contribution < -0.4 is 19.8 Å². The highest BCUT2D eigenvalue weighted by Gasteiger charge is 2.56. The summed E-state index contributed by atoms with van der Waals surface area (Å²) in [5.74, 6) is -1.54. The number of carbonyl (C=O) groups excluding carboxylic acids is 3. The minimum absolute atomic E-state index is 0.224. The summed E-state index contributed by atoms with van der Waals surface area (Å²) in [7, 11) is 1.56. The van der Waals surface area contributed by atoms with E-state index in [1.807, 2.05) is 43.3 Å². The number of rotatable bonds is 6. The zero-order valence-corrected chi connectivity index (χ0v) is 25.2. The van der Waals surface area contributed by atoms with Crippen LogP contribution in [0.4, 0.5) is 11.4 Å². The normalized spacial score (nSPS) is 19.6. The molecule has 8 nitrogen and oxygen atoms in total. The monoisotopic (exact) mass is 649 g/mol. The molecule has 0 spiro atoms. The van der Waals surface area contributed by atoms with Gasteiger partial charge in [-0.05, 0) is 61.0 Å². The van der Waals surface area contributed by atoms with Gasteiger partial charge in [0.25, 0.3) is 0 Å². The van der Waals surface area contributed by atoms with Crippen molar-refractivity contribution in [2.75, 3.05) is 17.3 Å². The second-order valence-corrected chi connectivity index (χ2v) is 12.9. The summed E-state index contributed by atoms with van der Waals surface area (Å²) >= 11 is 5.69. The molecule has 1 aromatic heterocycles. The lowest BCUT2D eigenvalue weighted by Gasteiger charge is -2.30. The van der Waals surface area contributed by atoms with E-state index in [0.717, 1.165) is 26.9 Å². The molecule has 6 rings (SSSR count). The number of carbonyl (C=O) groups is 3. The van der Waals surface area contributed by atoms with Gasteiger partial charge in [0.15, 0.2) is 0 Å². The van der Waals surface area contributed by atoms with Crippen LogP contribution in [0, 0.1) is 12.8 Å². The summed E-state index contributed by atoms with van der Waals surface area (Å²) in [6.45, 7) is 1.72. The molecule has 0 saturated carbocycles. The number of hydrogen-bond donors (Lipinski definition) is 1. The molecule has 1 fully saturated rings. The van der Waals surface area contributed by atoms with Crippen molar-refractivity contribution in [3.05, 3.63) is 103 Å². The number of thiazole rings is 1. The standard InChI is InChI=1S/C30H24BrN3O5S2/c1-16-3-11-20(12-4-16)34-27(36)24-23(17-5-7-18(31)8-6-17)26-29(40-25(24)28(34)37)33(30(38)41-26)15-22(35)32-19-9-13-21(39-2)14-10-19/h3-14,23-25H,15H2,1-2H3,(H,32,35). The number of fused-ring (bicyclic) bond motifs is 2. The SMILES string of the molecule is COc1ccc(NC(=O)Cn2c3c(sc2=O)C(c2ccc(Br)cc2)C2C(=O)N(c4ccc(C)cc4)C(=O)C2S3)cc1. The van der Waals surface area contributed by atoms with Crippen LogP contribution in [0.1, 0.15) is 21.9 Å². The number of nitrogens with zero attached hydrogens (tertiary/aromatic N) is 2. The lowest BCUT2D eigenvalue weighted by Crippen LogP contribution is -2.33. The molecule has 2 aliphatic rings. The third-order valence-electron chi connectivity index (χ3n) is 7.25. The predicted octanol–water partition coefficient (Wildman–Crippen LogP) is 5.42. The van der Waals surface area contributed by atoms with Gasteiger partial charge in [0.05, 0.1) is 23.7 Å². The van der Waals surface area contributed by atoms with E-state index >= 15 is 0 Å². The van der Waals surface area contributed by atoms with Gasteiger partial charge in [-0.15, -0.1) is 0 Å². The number of methoxy groups -OCH3 is 1. The van der Waals surface area contributed by atoms with E-state index < -0.39 is 17.1 Å². The van der Waals surface area contributed by atoms with E-state index in [4.69, 9.17) is 4.74 Å². The number of nitrogens with one attached hydrogen (secondary N) is 1. The van der Waals surface area contributed by atoms with Crippen molar-refractivity contribution >= 4 is 68.1 Å². The zero-order valence-electron chi connectivity index (χ0n) is 22.0. The number of ether oxygens (including phenoxy) is 1. The predicted molar refractivity (Wildman–Crippen MR) is 163 cm³/mol. The van der Waals surface area contributed by atoms with Gasteiger partial charge in [-0.2, -0.15) is 0 Å². The van der Waals surface area contributed by atoms with Crippen molar-refractivity contribution in [3.63, 3.8) is 0 Å². The molecule has 11 heteroatoms. The van der Waals surface area contributed by atoms with E-state index in [2.05, 4.69) is 21.2 Å². The van der Waals surface area contributed by atoms with Crippen molar-refractivity contribution in [1.29, 1.82) is 0 Å².